The van der Waals surface area contributed by atoms with Crippen LogP contribution in [0.2, 0.25) is 0 Å². The molecule has 0 radical (unpaired) electrons. The minimum atomic E-state index is 0.0281. The molecular weight excluding hydrogens is 154 g/mol. The maximum atomic E-state index is 5.45. The first-order valence-electron chi connectivity index (χ1n) is 4.76. The molecule has 0 bridgehead atoms. The summed E-state index contributed by atoms with van der Waals surface area (Å²) < 4.78 is 10.9. The molecule has 1 aliphatic heterocycles. The second-order valence-corrected chi connectivity index (χ2v) is 3.44. The van der Waals surface area contributed by atoms with Crippen molar-refractivity contribution in [2.75, 3.05) is 19.8 Å². The van der Waals surface area contributed by atoms with Gasteiger partial charge in [0.05, 0.1) is 13.2 Å². The van der Waals surface area contributed by atoms with Crippen molar-refractivity contribution in [1.29, 1.82) is 0 Å². The molecule has 1 saturated heterocycles. The van der Waals surface area contributed by atoms with Crippen LogP contribution in [0.25, 0.3) is 0 Å². The summed E-state index contributed by atoms with van der Waals surface area (Å²) in [5.74, 6) is 0.609. The van der Waals surface area contributed by atoms with Gasteiger partial charge in [-0.25, -0.2) is 0 Å². The summed E-state index contributed by atoms with van der Waals surface area (Å²) in [5.41, 5.74) is 5.45. The predicted molar refractivity (Wildman–Crippen MR) is 47.8 cm³/mol. The Morgan fingerprint density at radius 2 is 2.08 bits per heavy atom. The van der Waals surface area contributed by atoms with Crippen molar-refractivity contribution >= 4 is 0 Å². The summed E-state index contributed by atoms with van der Waals surface area (Å²) in [5, 5.41) is 0. The van der Waals surface area contributed by atoms with Crippen molar-refractivity contribution < 1.29 is 9.47 Å². The van der Waals surface area contributed by atoms with E-state index < -0.39 is 0 Å². The van der Waals surface area contributed by atoms with Gasteiger partial charge in [-0.15, -0.1) is 0 Å². The highest BCUT2D eigenvalue weighted by Crippen LogP contribution is 2.16. The van der Waals surface area contributed by atoms with Gasteiger partial charge in [0.1, 0.15) is 0 Å². The van der Waals surface area contributed by atoms with Gasteiger partial charge in [0.15, 0.2) is 6.29 Å². The Labute approximate surface area is 74.2 Å². The summed E-state index contributed by atoms with van der Waals surface area (Å²) in [6.07, 6.45) is 3.10. The summed E-state index contributed by atoms with van der Waals surface area (Å²) >= 11 is 0. The fourth-order valence-electron chi connectivity index (χ4n) is 1.40. The van der Waals surface area contributed by atoms with Crippen LogP contribution in [-0.2, 0) is 9.47 Å². The molecule has 72 valence electrons. The number of ether oxygens (including phenoxy) is 2. The highest BCUT2D eigenvalue weighted by atomic mass is 16.7. The maximum absolute atomic E-state index is 5.45. The summed E-state index contributed by atoms with van der Waals surface area (Å²) in [6.45, 7) is 4.64. The van der Waals surface area contributed by atoms with Crippen LogP contribution in [0.4, 0.5) is 0 Å². The van der Waals surface area contributed by atoms with E-state index >= 15 is 0 Å². The molecule has 0 aromatic rings. The Bertz CT molecular complexity index is 113. The standard InChI is InChI=1S/C9H19NO2/c1-8(3-4-10)7-9-11-5-2-6-12-9/h8-9H,2-7,10H2,1H3. The van der Waals surface area contributed by atoms with E-state index in [1.165, 1.54) is 0 Å². The molecule has 1 heterocycles. The molecule has 1 aliphatic rings. The van der Waals surface area contributed by atoms with Gasteiger partial charge in [-0.3, -0.25) is 0 Å². The van der Waals surface area contributed by atoms with Crippen molar-refractivity contribution in [3.63, 3.8) is 0 Å². The molecule has 0 spiro atoms. The highest BCUT2D eigenvalue weighted by Gasteiger charge is 2.16. The van der Waals surface area contributed by atoms with Crippen LogP contribution in [-0.4, -0.2) is 26.0 Å². The van der Waals surface area contributed by atoms with Gasteiger partial charge in [0, 0.05) is 6.42 Å². The van der Waals surface area contributed by atoms with Gasteiger partial charge in [0.25, 0.3) is 0 Å². The molecule has 1 fully saturated rings. The van der Waals surface area contributed by atoms with Crippen LogP contribution in [0.5, 0.6) is 0 Å². The number of rotatable bonds is 4. The molecule has 0 aromatic carbocycles. The van der Waals surface area contributed by atoms with Crippen molar-refractivity contribution in [2.24, 2.45) is 11.7 Å². The monoisotopic (exact) mass is 173 g/mol. The first-order chi connectivity index (χ1) is 5.83. The normalized spacial score (nSPS) is 22.5. The van der Waals surface area contributed by atoms with Crippen molar-refractivity contribution in [3.05, 3.63) is 0 Å². The SMILES string of the molecule is CC(CCN)CC1OCCCO1. The second kappa shape index (κ2) is 5.51. The zero-order valence-electron chi connectivity index (χ0n) is 7.79. The molecule has 0 saturated carbocycles. The molecule has 12 heavy (non-hydrogen) atoms. The maximum Gasteiger partial charge on any atom is 0.157 e. The van der Waals surface area contributed by atoms with E-state index in [0.29, 0.717) is 5.92 Å². The van der Waals surface area contributed by atoms with Gasteiger partial charge >= 0.3 is 0 Å². The molecule has 0 aromatic heterocycles. The Kier molecular flexibility index (Phi) is 4.58. The summed E-state index contributed by atoms with van der Waals surface area (Å²) in [7, 11) is 0. The van der Waals surface area contributed by atoms with Crippen molar-refractivity contribution in [1.82, 2.24) is 0 Å². The lowest BCUT2D eigenvalue weighted by atomic mass is 10.0. The lowest BCUT2D eigenvalue weighted by molar-refractivity contribution is -0.186. The minimum Gasteiger partial charge on any atom is -0.353 e. The Morgan fingerprint density at radius 1 is 1.42 bits per heavy atom. The highest BCUT2D eigenvalue weighted by molar-refractivity contribution is 4.59. The lowest BCUT2D eigenvalue weighted by Crippen LogP contribution is -2.27. The molecule has 1 rings (SSSR count). The first kappa shape index (κ1) is 9.96. The Balaban J connectivity index is 2.11. The third-order valence-corrected chi connectivity index (χ3v) is 2.15. The van der Waals surface area contributed by atoms with Crippen LogP contribution < -0.4 is 5.73 Å². The van der Waals surface area contributed by atoms with E-state index in [1.54, 1.807) is 0 Å². The van der Waals surface area contributed by atoms with E-state index in [-0.39, 0.29) is 6.29 Å². The average molecular weight is 173 g/mol. The summed E-state index contributed by atoms with van der Waals surface area (Å²) in [4.78, 5) is 0. The van der Waals surface area contributed by atoms with Crippen molar-refractivity contribution in [2.45, 2.75) is 32.5 Å². The molecule has 3 heteroatoms. The fourth-order valence-corrected chi connectivity index (χ4v) is 1.40. The van der Waals surface area contributed by atoms with Gasteiger partial charge in [-0.1, -0.05) is 6.92 Å². The largest absolute Gasteiger partial charge is 0.353 e. The third kappa shape index (κ3) is 3.52. The zero-order chi connectivity index (χ0) is 8.81. The van der Waals surface area contributed by atoms with Gasteiger partial charge < -0.3 is 15.2 Å². The van der Waals surface area contributed by atoms with Gasteiger partial charge in [0.2, 0.25) is 0 Å². The van der Waals surface area contributed by atoms with Crippen LogP contribution in [0, 0.1) is 5.92 Å². The topological polar surface area (TPSA) is 44.5 Å². The summed E-state index contributed by atoms with van der Waals surface area (Å²) in [6, 6.07) is 0. The third-order valence-electron chi connectivity index (χ3n) is 2.15. The van der Waals surface area contributed by atoms with Crippen LogP contribution in [0.15, 0.2) is 0 Å². The molecule has 0 amide bonds. The van der Waals surface area contributed by atoms with E-state index in [1.807, 2.05) is 0 Å². The smallest absolute Gasteiger partial charge is 0.157 e. The quantitative estimate of drug-likeness (QED) is 0.693. The number of hydrogen-bond donors (Lipinski definition) is 1. The van der Waals surface area contributed by atoms with E-state index in [4.69, 9.17) is 15.2 Å². The minimum absolute atomic E-state index is 0.0281. The average Bonchev–Trinajstić information content (AvgIpc) is 2.06. The van der Waals surface area contributed by atoms with Crippen molar-refractivity contribution in [3.8, 4) is 0 Å². The van der Waals surface area contributed by atoms with Crippen LogP contribution in [0.1, 0.15) is 26.2 Å². The zero-order valence-corrected chi connectivity index (χ0v) is 7.79. The number of nitrogens with two attached hydrogens (primary N) is 1. The predicted octanol–water partition coefficient (Wildman–Crippen LogP) is 1.12. The van der Waals surface area contributed by atoms with Crippen LogP contribution >= 0.6 is 0 Å². The molecule has 2 N–H and O–H groups in total. The number of hydrogen-bond acceptors (Lipinski definition) is 3. The van der Waals surface area contributed by atoms with E-state index in [2.05, 4.69) is 6.92 Å². The molecule has 1 atom stereocenters. The van der Waals surface area contributed by atoms with Gasteiger partial charge in [-0.05, 0) is 25.3 Å². The molecular formula is C9H19NO2. The molecule has 3 nitrogen and oxygen atoms in total. The molecule has 1 unspecified atom stereocenters. The Morgan fingerprint density at radius 3 is 2.67 bits per heavy atom. The second-order valence-electron chi connectivity index (χ2n) is 3.44. The Hall–Kier alpha value is -0.120. The molecule has 0 aliphatic carbocycles. The van der Waals surface area contributed by atoms with Crippen LogP contribution in [0.3, 0.4) is 0 Å². The van der Waals surface area contributed by atoms with E-state index in [0.717, 1.165) is 39.0 Å². The van der Waals surface area contributed by atoms with Gasteiger partial charge in [-0.2, -0.15) is 0 Å². The lowest BCUT2D eigenvalue weighted by Gasteiger charge is -2.25. The first-order valence-corrected chi connectivity index (χ1v) is 4.76. The fraction of sp³-hybridized carbons (Fsp3) is 1.00. The van der Waals surface area contributed by atoms with E-state index in [9.17, 15) is 0 Å².